The molecule has 0 amide bonds. The fourth-order valence-electron chi connectivity index (χ4n) is 1.54. The summed E-state index contributed by atoms with van der Waals surface area (Å²) >= 11 is 0. The first kappa shape index (κ1) is 11.8. The number of oxazole rings is 1. The van der Waals surface area contributed by atoms with E-state index in [9.17, 15) is 4.39 Å². The van der Waals surface area contributed by atoms with Crippen LogP contribution in [0.25, 0.3) is 0 Å². The quantitative estimate of drug-likeness (QED) is 0.790. The van der Waals surface area contributed by atoms with E-state index in [1.54, 1.807) is 18.3 Å². The normalized spacial score (nSPS) is 11.8. The van der Waals surface area contributed by atoms with Gasteiger partial charge in [-0.25, -0.2) is 9.37 Å². The van der Waals surface area contributed by atoms with Crippen LogP contribution in [0.2, 0.25) is 0 Å². The zero-order valence-electron chi connectivity index (χ0n) is 10.3. The fourth-order valence-corrected chi connectivity index (χ4v) is 1.54. The standard InChI is InChI=1S/C14H16FNO/c1-14(2,3)13-16-9-12(17-13)8-10-4-6-11(15)7-5-10/h4-7,9H,8H2,1-3H3. The van der Waals surface area contributed by atoms with Gasteiger partial charge in [0, 0.05) is 11.8 Å². The average Bonchev–Trinajstić information content (AvgIpc) is 2.69. The lowest BCUT2D eigenvalue weighted by molar-refractivity contribution is 0.376. The predicted octanol–water partition coefficient (Wildman–Crippen LogP) is 3.70. The molecule has 0 aliphatic carbocycles. The zero-order valence-corrected chi connectivity index (χ0v) is 10.3. The molecule has 0 radical (unpaired) electrons. The van der Waals surface area contributed by atoms with Gasteiger partial charge in [-0.15, -0.1) is 0 Å². The van der Waals surface area contributed by atoms with E-state index in [4.69, 9.17) is 4.42 Å². The summed E-state index contributed by atoms with van der Waals surface area (Å²) < 4.78 is 18.4. The van der Waals surface area contributed by atoms with Gasteiger partial charge >= 0.3 is 0 Å². The van der Waals surface area contributed by atoms with Gasteiger partial charge in [-0.2, -0.15) is 0 Å². The highest BCUT2D eigenvalue weighted by Gasteiger charge is 2.20. The molecule has 0 fully saturated rings. The molecule has 0 bridgehead atoms. The van der Waals surface area contributed by atoms with Crippen LogP contribution < -0.4 is 0 Å². The summed E-state index contributed by atoms with van der Waals surface area (Å²) in [6.07, 6.45) is 2.38. The van der Waals surface area contributed by atoms with Gasteiger partial charge in [0.2, 0.25) is 0 Å². The van der Waals surface area contributed by atoms with E-state index in [1.807, 2.05) is 0 Å². The molecule has 1 heterocycles. The largest absolute Gasteiger partial charge is 0.445 e. The van der Waals surface area contributed by atoms with Crippen molar-refractivity contribution in [2.75, 3.05) is 0 Å². The minimum Gasteiger partial charge on any atom is -0.445 e. The highest BCUT2D eigenvalue weighted by atomic mass is 19.1. The van der Waals surface area contributed by atoms with Crippen LogP contribution in [0.1, 0.15) is 38.0 Å². The van der Waals surface area contributed by atoms with Crippen LogP contribution in [0.3, 0.4) is 0 Å². The summed E-state index contributed by atoms with van der Waals surface area (Å²) in [5.74, 6) is 1.32. The minimum atomic E-state index is -0.221. The van der Waals surface area contributed by atoms with Crippen molar-refractivity contribution < 1.29 is 8.81 Å². The van der Waals surface area contributed by atoms with E-state index in [2.05, 4.69) is 25.8 Å². The summed E-state index contributed by atoms with van der Waals surface area (Å²) in [6, 6.07) is 6.43. The Morgan fingerprint density at radius 3 is 2.35 bits per heavy atom. The zero-order chi connectivity index (χ0) is 12.5. The second-order valence-corrected chi connectivity index (χ2v) is 5.18. The summed E-state index contributed by atoms with van der Waals surface area (Å²) in [6.45, 7) is 6.17. The lowest BCUT2D eigenvalue weighted by atomic mass is 9.97. The van der Waals surface area contributed by atoms with Crippen LogP contribution in [0.5, 0.6) is 0 Å². The van der Waals surface area contributed by atoms with Gasteiger partial charge in [-0.05, 0) is 17.7 Å². The van der Waals surface area contributed by atoms with Crippen molar-refractivity contribution in [3.8, 4) is 0 Å². The first-order valence-electron chi connectivity index (χ1n) is 5.65. The second kappa shape index (κ2) is 4.32. The van der Waals surface area contributed by atoms with Gasteiger partial charge in [-0.1, -0.05) is 32.9 Å². The van der Waals surface area contributed by atoms with Crippen LogP contribution in [-0.2, 0) is 11.8 Å². The Kier molecular flexibility index (Phi) is 3.01. The lowest BCUT2D eigenvalue weighted by Gasteiger charge is -2.12. The number of rotatable bonds is 2. The Morgan fingerprint density at radius 2 is 1.82 bits per heavy atom. The first-order valence-corrected chi connectivity index (χ1v) is 5.65. The van der Waals surface area contributed by atoms with Crippen molar-refractivity contribution in [1.29, 1.82) is 0 Å². The highest BCUT2D eigenvalue weighted by Crippen LogP contribution is 2.22. The molecule has 0 saturated carbocycles. The molecule has 1 aromatic heterocycles. The molecule has 2 aromatic rings. The maximum absolute atomic E-state index is 12.8. The molecule has 0 atom stereocenters. The second-order valence-electron chi connectivity index (χ2n) is 5.18. The maximum atomic E-state index is 12.8. The van der Waals surface area contributed by atoms with Crippen molar-refractivity contribution in [2.24, 2.45) is 0 Å². The van der Waals surface area contributed by atoms with E-state index in [0.29, 0.717) is 6.42 Å². The molecule has 1 aromatic carbocycles. The van der Waals surface area contributed by atoms with E-state index >= 15 is 0 Å². The van der Waals surface area contributed by atoms with Crippen LogP contribution in [0.15, 0.2) is 34.9 Å². The third-order valence-electron chi connectivity index (χ3n) is 2.49. The van der Waals surface area contributed by atoms with Gasteiger partial charge in [-0.3, -0.25) is 0 Å². The smallest absolute Gasteiger partial charge is 0.199 e. The van der Waals surface area contributed by atoms with Gasteiger partial charge < -0.3 is 4.42 Å². The Bertz CT molecular complexity index is 494. The molecule has 3 heteroatoms. The summed E-state index contributed by atoms with van der Waals surface area (Å²) in [4.78, 5) is 4.26. The first-order chi connectivity index (χ1) is 7.95. The van der Waals surface area contributed by atoms with Crippen LogP contribution >= 0.6 is 0 Å². The van der Waals surface area contributed by atoms with Crippen molar-refractivity contribution >= 4 is 0 Å². The molecule has 2 rings (SSSR count). The van der Waals surface area contributed by atoms with Crippen molar-refractivity contribution in [3.05, 3.63) is 53.5 Å². The molecular formula is C14H16FNO. The van der Waals surface area contributed by atoms with Crippen LogP contribution in [-0.4, -0.2) is 4.98 Å². The topological polar surface area (TPSA) is 26.0 Å². The van der Waals surface area contributed by atoms with Crippen molar-refractivity contribution in [2.45, 2.75) is 32.6 Å². The Balaban J connectivity index is 2.14. The Hall–Kier alpha value is -1.64. The number of aromatic nitrogens is 1. The molecule has 0 unspecified atom stereocenters. The molecule has 90 valence electrons. The molecular weight excluding hydrogens is 217 g/mol. The molecule has 0 aliphatic rings. The lowest BCUT2D eigenvalue weighted by Crippen LogP contribution is -2.10. The molecule has 0 spiro atoms. The number of hydrogen-bond donors (Lipinski definition) is 0. The number of benzene rings is 1. The highest BCUT2D eigenvalue weighted by molar-refractivity contribution is 5.20. The fraction of sp³-hybridized carbons (Fsp3) is 0.357. The predicted molar refractivity (Wildman–Crippen MR) is 64.4 cm³/mol. The molecule has 0 aliphatic heterocycles. The summed E-state index contributed by atoms with van der Waals surface area (Å²) in [7, 11) is 0. The number of halogens is 1. The number of nitrogens with zero attached hydrogens (tertiary/aromatic N) is 1. The average molecular weight is 233 g/mol. The van der Waals surface area contributed by atoms with E-state index in [0.717, 1.165) is 17.2 Å². The van der Waals surface area contributed by atoms with Gasteiger partial charge in [0.05, 0.1) is 6.20 Å². The minimum absolute atomic E-state index is 0.0823. The molecule has 2 nitrogen and oxygen atoms in total. The number of hydrogen-bond acceptors (Lipinski definition) is 2. The Morgan fingerprint density at radius 1 is 1.18 bits per heavy atom. The van der Waals surface area contributed by atoms with Crippen LogP contribution in [0, 0.1) is 5.82 Å². The monoisotopic (exact) mass is 233 g/mol. The summed E-state index contributed by atoms with van der Waals surface area (Å²) in [5.41, 5.74) is 0.934. The van der Waals surface area contributed by atoms with Gasteiger partial charge in [0.1, 0.15) is 11.6 Å². The van der Waals surface area contributed by atoms with E-state index in [1.165, 1.54) is 12.1 Å². The van der Waals surface area contributed by atoms with E-state index in [-0.39, 0.29) is 11.2 Å². The van der Waals surface area contributed by atoms with Gasteiger partial charge in [0.15, 0.2) is 5.89 Å². The van der Waals surface area contributed by atoms with Gasteiger partial charge in [0.25, 0.3) is 0 Å². The van der Waals surface area contributed by atoms with Crippen molar-refractivity contribution in [3.63, 3.8) is 0 Å². The third-order valence-corrected chi connectivity index (χ3v) is 2.49. The summed E-state index contributed by atoms with van der Waals surface area (Å²) in [5, 5.41) is 0. The Labute approximate surface area is 100 Å². The molecule has 0 N–H and O–H groups in total. The molecule has 17 heavy (non-hydrogen) atoms. The third kappa shape index (κ3) is 2.93. The maximum Gasteiger partial charge on any atom is 0.199 e. The van der Waals surface area contributed by atoms with Crippen molar-refractivity contribution in [1.82, 2.24) is 4.98 Å². The van der Waals surface area contributed by atoms with E-state index < -0.39 is 0 Å². The SMILES string of the molecule is CC(C)(C)c1ncc(Cc2ccc(F)cc2)o1. The molecule has 0 saturated heterocycles. The van der Waals surface area contributed by atoms with Crippen LogP contribution in [0.4, 0.5) is 4.39 Å².